The third-order valence-electron chi connectivity index (χ3n) is 5.64. The monoisotopic (exact) mass is 408 g/mol. The highest BCUT2D eigenvalue weighted by atomic mass is 16.3. The number of rotatable bonds is 6. The number of aliphatic hydroxyl groups excluding tert-OH is 1. The number of piperidine rings is 1. The van der Waals surface area contributed by atoms with Crippen molar-refractivity contribution in [2.75, 3.05) is 12.3 Å². The molecule has 2 atom stereocenters. The first kappa shape index (κ1) is 20.1. The number of nitrogens with zero attached hydrogens (tertiary/aromatic N) is 1. The molecule has 4 rings (SSSR count). The summed E-state index contributed by atoms with van der Waals surface area (Å²) in [6.07, 6.45) is 0.579. The van der Waals surface area contributed by atoms with Crippen molar-refractivity contribution >= 4 is 23.4 Å². The van der Waals surface area contributed by atoms with Gasteiger partial charge in [0.25, 0.3) is 5.91 Å². The Hall–Kier alpha value is -3.23. The Bertz CT molecular complexity index is 1010. The molecule has 2 aromatic carbocycles. The van der Waals surface area contributed by atoms with Gasteiger partial charge in [0.05, 0.1) is 12.6 Å². The van der Waals surface area contributed by atoms with Gasteiger partial charge in [0, 0.05) is 30.8 Å². The zero-order valence-electron chi connectivity index (χ0n) is 16.4. The summed E-state index contributed by atoms with van der Waals surface area (Å²) >= 11 is 0. The molecule has 0 radical (unpaired) electrons. The Morgan fingerprint density at radius 2 is 2.03 bits per heavy atom. The van der Waals surface area contributed by atoms with Gasteiger partial charge in [-0.1, -0.05) is 24.3 Å². The summed E-state index contributed by atoms with van der Waals surface area (Å²) in [4.78, 5) is 37.8. The van der Waals surface area contributed by atoms with Crippen LogP contribution >= 0.6 is 0 Å². The summed E-state index contributed by atoms with van der Waals surface area (Å²) in [5.41, 5.74) is 9.77. The molecule has 8 heteroatoms. The van der Waals surface area contributed by atoms with Crippen molar-refractivity contribution in [3.8, 4) is 0 Å². The molecule has 2 aliphatic heterocycles. The van der Waals surface area contributed by atoms with Crippen LogP contribution in [0.1, 0.15) is 45.9 Å². The molecule has 2 heterocycles. The zero-order valence-corrected chi connectivity index (χ0v) is 16.4. The molecule has 2 aromatic rings. The van der Waals surface area contributed by atoms with E-state index < -0.39 is 11.9 Å². The number of imide groups is 1. The van der Waals surface area contributed by atoms with Crippen LogP contribution < -0.4 is 16.4 Å². The highest BCUT2D eigenvalue weighted by Gasteiger charge is 2.39. The number of carbonyl (C=O) groups excluding carboxylic acids is 3. The van der Waals surface area contributed by atoms with Crippen LogP contribution in [-0.4, -0.2) is 40.4 Å². The summed E-state index contributed by atoms with van der Waals surface area (Å²) in [6, 6.07) is 12.1. The van der Waals surface area contributed by atoms with E-state index in [9.17, 15) is 19.5 Å². The van der Waals surface area contributed by atoms with Gasteiger partial charge in [-0.2, -0.15) is 0 Å². The first-order valence-corrected chi connectivity index (χ1v) is 9.92. The van der Waals surface area contributed by atoms with Gasteiger partial charge < -0.3 is 21.1 Å². The fraction of sp³-hybridized carbons (Fsp3) is 0.318. The van der Waals surface area contributed by atoms with Crippen molar-refractivity contribution in [1.29, 1.82) is 0 Å². The molecule has 0 aromatic heterocycles. The minimum atomic E-state index is -0.619. The number of fused-ring (bicyclic) bond motifs is 1. The highest BCUT2D eigenvalue weighted by Crippen LogP contribution is 2.28. The Kier molecular flexibility index (Phi) is 5.52. The van der Waals surface area contributed by atoms with Crippen LogP contribution in [-0.2, 0) is 22.7 Å². The van der Waals surface area contributed by atoms with Crippen LogP contribution in [0.3, 0.4) is 0 Å². The predicted octanol–water partition coefficient (Wildman–Crippen LogP) is 0.853. The van der Waals surface area contributed by atoms with Crippen LogP contribution in [0.15, 0.2) is 42.5 Å². The van der Waals surface area contributed by atoms with Crippen LogP contribution in [0.25, 0.3) is 0 Å². The van der Waals surface area contributed by atoms with Crippen molar-refractivity contribution in [2.24, 2.45) is 0 Å². The Labute approximate surface area is 174 Å². The number of hydrogen-bond donors (Lipinski definition) is 4. The third-order valence-corrected chi connectivity index (χ3v) is 5.64. The number of aliphatic hydroxyl groups is 1. The lowest BCUT2D eigenvalue weighted by Crippen LogP contribution is -2.52. The summed E-state index contributed by atoms with van der Waals surface area (Å²) in [5.74, 6) is -0.901. The van der Waals surface area contributed by atoms with Gasteiger partial charge in [-0.15, -0.1) is 0 Å². The quantitative estimate of drug-likeness (QED) is 0.415. The van der Waals surface area contributed by atoms with Gasteiger partial charge in [0.2, 0.25) is 11.8 Å². The smallest absolute Gasteiger partial charge is 0.255 e. The number of amides is 3. The van der Waals surface area contributed by atoms with E-state index in [0.717, 1.165) is 16.7 Å². The number of benzene rings is 2. The number of carbonyl (C=O) groups is 3. The molecule has 5 N–H and O–H groups in total. The molecule has 1 saturated heterocycles. The van der Waals surface area contributed by atoms with Crippen molar-refractivity contribution in [3.63, 3.8) is 0 Å². The van der Waals surface area contributed by atoms with Gasteiger partial charge >= 0.3 is 0 Å². The van der Waals surface area contributed by atoms with Crippen LogP contribution in [0.4, 0.5) is 5.69 Å². The molecule has 0 bridgehead atoms. The van der Waals surface area contributed by atoms with Gasteiger partial charge in [-0.25, -0.2) is 0 Å². The number of nitrogens with one attached hydrogen (secondary N) is 2. The Balaban J connectivity index is 1.45. The largest absolute Gasteiger partial charge is 0.399 e. The molecular weight excluding hydrogens is 384 g/mol. The van der Waals surface area contributed by atoms with Crippen molar-refractivity contribution in [2.45, 2.75) is 38.0 Å². The minimum Gasteiger partial charge on any atom is -0.399 e. The van der Waals surface area contributed by atoms with Gasteiger partial charge in [-0.3, -0.25) is 19.7 Å². The summed E-state index contributed by atoms with van der Waals surface area (Å²) in [7, 11) is 0. The first-order valence-electron chi connectivity index (χ1n) is 9.92. The summed E-state index contributed by atoms with van der Waals surface area (Å²) in [5, 5.41) is 15.4. The van der Waals surface area contributed by atoms with E-state index in [1.807, 2.05) is 30.3 Å². The Morgan fingerprint density at radius 1 is 1.20 bits per heavy atom. The standard InChI is InChI=1S/C22H24N4O4/c23-16-3-1-2-14(9-16)18(12-27)24-10-13-4-5-17-15(8-13)11-26(22(17)30)19-6-7-20(28)25-21(19)29/h1-5,8-9,18-19,24,27H,6-7,10-12,23H2,(H,25,28,29). The second-order valence-electron chi connectivity index (χ2n) is 7.68. The van der Waals surface area contributed by atoms with Gasteiger partial charge in [-0.05, 0) is 41.3 Å². The molecule has 3 amide bonds. The molecule has 0 saturated carbocycles. The first-order chi connectivity index (χ1) is 14.5. The van der Waals surface area contributed by atoms with Gasteiger partial charge in [0.15, 0.2) is 0 Å². The average molecular weight is 408 g/mol. The minimum absolute atomic E-state index is 0.0732. The van der Waals surface area contributed by atoms with E-state index in [1.54, 1.807) is 12.1 Å². The topological polar surface area (TPSA) is 125 Å². The lowest BCUT2D eigenvalue weighted by molar-refractivity contribution is -0.136. The maximum atomic E-state index is 12.8. The number of nitrogen functional groups attached to an aromatic ring is 1. The lowest BCUT2D eigenvalue weighted by Gasteiger charge is -2.29. The maximum absolute atomic E-state index is 12.8. The molecule has 2 unspecified atom stereocenters. The summed E-state index contributed by atoms with van der Waals surface area (Å²) in [6.45, 7) is 0.767. The molecule has 2 aliphatic rings. The normalized spacial score (nSPS) is 19.6. The second kappa shape index (κ2) is 8.25. The summed E-state index contributed by atoms with van der Waals surface area (Å²) < 4.78 is 0. The SMILES string of the molecule is Nc1cccc(C(CO)NCc2ccc3c(c2)CN(C2CCC(=O)NC2=O)C3=O)c1. The average Bonchev–Trinajstić information content (AvgIpc) is 3.04. The number of anilines is 1. The van der Waals surface area contributed by atoms with E-state index in [4.69, 9.17) is 5.73 Å². The molecule has 0 aliphatic carbocycles. The lowest BCUT2D eigenvalue weighted by atomic mass is 10.0. The van der Waals surface area contributed by atoms with E-state index in [-0.39, 0.29) is 30.9 Å². The van der Waals surface area contributed by atoms with Crippen LogP contribution in [0, 0.1) is 0 Å². The Morgan fingerprint density at radius 3 is 2.77 bits per heavy atom. The fourth-order valence-electron chi connectivity index (χ4n) is 4.04. The van der Waals surface area contributed by atoms with Crippen LogP contribution in [0.2, 0.25) is 0 Å². The molecule has 156 valence electrons. The number of hydrogen-bond acceptors (Lipinski definition) is 6. The highest BCUT2D eigenvalue weighted by molar-refractivity contribution is 6.05. The van der Waals surface area contributed by atoms with Crippen LogP contribution in [0.5, 0.6) is 0 Å². The van der Waals surface area contributed by atoms with Crippen molar-refractivity contribution in [3.05, 3.63) is 64.7 Å². The predicted molar refractivity (Wildman–Crippen MR) is 110 cm³/mol. The molecule has 8 nitrogen and oxygen atoms in total. The fourth-order valence-corrected chi connectivity index (χ4v) is 4.04. The van der Waals surface area contributed by atoms with Gasteiger partial charge in [0.1, 0.15) is 6.04 Å². The third kappa shape index (κ3) is 3.92. The zero-order chi connectivity index (χ0) is 21.3. The molecule has 1 fully saturated rings. The van der Waals surface area contributed by atoms with E-state index in [1.165, 1.54) is 4.90 Å². The second-order valence-corrected chi connectivity index (χ2v) is 7.68. The van der Waals surface area contributed by atoms with Crippen molar-refractivity contribution in [1.82, 2.24) is 15.5 Å². The molecular formula is C22H24N4O4. The van der Waals surface area contributed by atoms with E-state index in [0.29, 0.717) is 30.8 Å². The maximum Gasteiger partial charge on any atom is 0.255 e. The van der Waals surface area contributed by atoms with Crippen molar-refractivity contribution < 1.29 is 19.5 Å². The molecule has 0 spiro atoms. The molecule has 30 heavy (non-hydrogen) atoms. The van der Waals surface area contributed by atoms with E-state index >= 15 is 0 Å². The van der Waals surface area contributed by atoms with E-state index in [2.05, 4.69) is 10.6 Å². The number of nitrogens with two attached hydrogens (primary N) is 1.